The van der Waals surface area contributed by atoms with E-state index in [0.717, 1.165) is 11.1 Å². The van der Waals surface area contributed by atoms with Crippen LogP contribution in [0, 0.1) is 0 Å². The van der Waals surface area contributed by atoms with E-state index in [9.17, 15) is 0 Å². The van der Waals surface area contributed by atoms with E-state index >= 15 is 0 Å². The second-order valence-electron chi connectivity index (χ2n) is 3.50. The zero-order valence-electron chi connectivity index (χ0n) is 9.90. The fourth-order valence-electron chi connectivity index (χ4n) is 1.77. The van der Waals surface area contributed by atoms with Crippen molar-refractivity contribution in [2.75, 3.05) is 0 Å². The Morgan fingerprint density at radius 3 is 2.31 bits per heavy atom. The van der Waals surface area contributed by atoms with Crippen molar-refractivity contribution >= 4 is 21.9 Å². The van der Waals surface area contributed by atoms with Gasteiger partial charge in [0.05, 0.1) is 0 Å². The minimum absolute atomic E-state index is 0.936. The first-order valence-corrected chi connectivity index (χ1v) is 5.60. The highest BCUT2D eigenvalue weighted by Gasteiger charge is 2.09. The van der Waals surface area contributed by atoms with Crippen LogP contribution in [0.1, 0.15) is 13.8 Å². The molecule has 0 bridgehead atoms. The standard InChI is InChI=1S/C12H10NO.C2H6/c1-13-8-14-12-7-10-5-3-2-4-9(10)6-11(12)13;1-2/h2-8H,1H3;1-2H3/q+1;. The molecule has 16 heavy (non-hydrogen) atoms. The van der Waals surface area contributed by atoms with E-state index in [1.165, 1.54) is 10.8 Å². The van der Waals surface area contributed by atoms with Crippen LogP contribution >= 0.6 is 0 Å². The van der Waals surface area contributed by atoms with Crippen molar-refractivity contribution in [3.8, 4) is 0 Å². The Morgan fingerprint density at radius 1 is 1.00 bits per heavy atom. The van der Waals surface area contributed by atoms with Crippen molar-refractivity contribution in [2.24, 2.45) is 7.05 Å². The van der Waals surface area contributed by atoms with Gasteiger partial charge in [-0.05, 0) is 16.8 Å². The lowest BCUT2D eigenvalue weighted by molar-refractivity contribution is -0.649. The van der Waals surface area contributed by atoms with Crippen molar-refractivity contribution < 1.29 is 8.98 Å². The second kappa shape index (κ2) is 4.35. The highest BCUT2D eigenvalue weighted by molar-refractivity contribution is 5.92. The summed E-state index contributed by atoms with van der Waals surface area (Å²) < 4.78 is 7.41. The van der Waals surface area contributed by atoms with Gasteiger partial charge in [-0.3, -0.25) is 0 Å². The fraction of sp³-hybridized carbons (Fsp3) is 0.214. The van der Waals surface area contributed by atoms with Crippen molar-refractivity contribution in [2.45, 2.75) is 13.8 Å². The normalized spacial score (nSPS) is 10.2. The number of oxazole rings is 1. The molecule has 3 aromatic rings. The zero-order chi connectivity index (χ0) is 11.5. The van der Waals surface area contributed by atoms with Gasteiger partial charge in [-0.1, -0.05) is 38.1 Å². The van der Waals surface area contributed by atoms with E-state index in [1.807, 2.05) is 37.6 Å². The van der Waals surface area contributed by atoms with Crippen molar-refractivity contribution in [1.82, 2.24) is 0 Å². The predicted octanol–water partition coefficient (Wildman–Crippen LogP) is 3.44. The molecule has 0 aliphatic carbocycles. The molecule has 0 fully saturated rings. The van der Waals surface area contributed by atoms with E-state index in [1.54, 1.807) is 6.39 Å². The van der Waals surface area contributed by atoms with Crippen LogP contribution < -0.4 is 4.57 Å². The number of hydrogen-bond acceptors (Lipinski definition) is 1. The molecule has 1 aromatic heterocycles. The number of fused-ring (bicyclic) bond motifs is 2. The van der Waals surface area contributed by atoms with Gasteiger partial charge in [-0.15, -0.1) is 0 Å². The lowest BCUT2D eigenvalue weighted by Gasteiger charge is -1.93. The van der Waals surface area contributed by atoms with E-state index in [2.05, 4.69) is 24.3 Å². The smallest absolute Gasteiger partial charge is 0.335 e. The summed E-state index contributed by atoms with van der Waals surface area (Å²) in [7, 11) is 1.99. The van der Waals surface area contributed by atoms with Crippen molar-refractivity contribution in [1.29, 1.82) is 0 Å². The molecule has 2 heteroatoms. The van der Waals surface area contributed by atoms with Gasteiger partial charge in [0.25, 0.3) is 5.52 Å². The lowest BCUT2D eigenvalue weighted by Crippen LogP contribution is -2.24. The summed E-state index contributed by atoms with van der Waals surface area (Å²) in [5.41, 5.74) is 2.06. The van der Waals surface area contributed by atoms with Gasteiger partial charge in [0, 0.05) is 6.07 Å². The molecule has 0 spiro atoms. The molecule has 0 saturated heterocycles. The highest BCUT2D eigenvalue weighted by Crippen LogP contribution is 2.20. The molecule has 0 saturated carbocycles. The van der Waals surface area contributed by atoms with Gasteiger partial charge in [0.1, 0.15) is 7.05 Å². The molecule has 0 radical (unpaired) electrons. The van der Waals surface area contributed by atoms with Gasteiger partial charge >= 0.3 is 6.39 Å². The van der Waals surface area contributed by atoms with E-state index in [-0.39, 0.29) is 0 Å². The molecule has 3 rings (SSSR count). The Morgan fingerprint density at radius 2 is 1.62 bits per heavy atom. The van der Waals surface area contributed by atoms with Crippen LogP contribution in [0.2, 0.25) is 0 Å². The van der Waals surface area contributed by atoms with Crippen LogP contribution in [0.4, 0.5) is 0 Å². The Labute approximate surface area is 95.1 Å². The van der Waals surface area contributed by atoms with Gasteiger partial charge in [0.15, 0.2) is 0 Å². The summed E-state index contributed by atoms with van der Waals surface area (Å²) >= 11 is 0. The van der Waals surface area contributed by atoms with Crippen LogP contribution in [0.25, 0.3) is 21.9 Å². The van der Waals surface area contributed by atoms with Crippen LogP contribution in [0.3, 0.4) is 0 Å². The van der Waals surface area contributed by atoms with Crippen LogP contribution in [0.5, 0.6) is 0 Å². The first-order valence-electron chi connectivity index (χ1n) is 5.60. The van der Waals surface area contributed by atoms with E-state index in [4.69, 9.17) is 4.42 Å². The van der Waals surface area contributed by atoms with Crippen molar-refractivity contribution in [3.63, 3.8) is 0 Å². The summed E-state index contributed by atoms with van der Waals surface area (Å²) in [5, 5.41) is 2.46. The molecular weight excluding hydrogens is 198 g/mol. The van der Waals surface area contributed by atoms with E-state index < -0.39 is 0 Å². The highest BCUT2D eigenvalue weighted by atomic mass is 16.3. The summed E-state index contributed by atoms with van der Waals surface area (Å²) in [6, 6.07) is 12.5. The maximum Gasteiger partial charge on any atom is 0.335 e. The molecule has 0 unspecified atom stereocenters. The topological polar surface area (TPSA) is 17.0 Å². The van der Waals surface area contributed by atoms with Crippen LogP contribution in [-0.4, -0.2) is 0 Å². The summed E-state index contributed by atoms with van der Waals surface area (Å²) in [4.78, 5) is 0. The number of aromatic nitrogens is 1. The Bertz CT molecular complexity index is 610. The fourth-order valence-corrected chi connectivity index (χ4v) is 1.77. The molecular formula is C14H16NO+. The van der Waals surface area contributed by atoms with E-state index in [0.29, 0.717) is 0 Å². The predicted molar refractivity (Wildman–Crippen MR) is 66.2 cm³/mol. The first kappa shape index (κ1) is 10.7. The number of benzene rings is 2. The SMILES string of the molecule is CC.C[n+]1coc2cc3ccccc3cc21. The number of rotatable bonds is 0. The van der Waals surface area contributed by atoms with Gasteiger partial charge in [-0.25, -0.2) is 0 Å². The third-order valence-corrected chi connectivity index (χ3v) is 2.55. The number of aryl methyl sites for hydroxylation is 1. The maximum atomic E-state index is 5.42. The van der Waals surface area contributed by atoms with Crippen LogP contribution in [-0.2, 0) is 7.05 Å². The third-order valence-electron chi connectivity index (χ3n) is 2.55. The minimum Gasteiger partial charge on any atom is -0.404 e. The second-order valence-corrected chi connectivity index (χ2v) is 3.50. The third kappa shape index (κ3) is 1.67. The molecule has 82 valence electrons. The Hall–Kier alpha value is -1.83. The summed E-state index contributed by atoms with van der Waals surface area (Å²) in [5.74, 6) is 0. The van der Waals surface area contributed by atoms with Gasteiger partial charge in [-0.2, -0.15) is 4.57 Å². The molecule has 0 aliphatic rings. The number of hydrogen-bond donors (Lipinski definition) is 0. The average molecular weight is 214 g/mol. The number of nitrogens with zero attached hydrogens (tertiary/aromatic N) is 1. The quantitative estimate of drug-likeness (QED) is 0.524. The van der Waals surface area contributed by atoms with Crippen LogP contribution in [0.15, 0.2) is 47.2 Å². The zero-order valence-corrected chi connectivity index (χ0v) is 9.90. The Kier molecular flexibility index (Phi) is 2.91. The molecule has 0 N–H and O–H groups in total. The molecule has 0 atom stereocenters. The molecule has 1 heterocycles. The monoisotopic (exact) mass is 214 g/mol. The largest absolute Gasteiger partial charge is 0.404 e. The van der Waals surface area contributed by atoms with Crippen molar-refractivity contribution in [3.05, 3.63) is 42.8 Å². The maximum absolute atomic E-state index is 5.42. The molecule has 0 amide bonds. The lowest BCUT2D eigenvalue weighted by atomic mass is 10.1. The average Bonchev–Trinajstić information content (AvgIpc) is 2.71. The Balaban J connectivity index is 0.000000457. The summed E-state index contributed by atoms with van der Waals surface area (Å²) in [6.07, 6.45) is 1.73. The first-order chi connectivity index (χ1) is 7.84. The van der Waals surface area contributed by atoms with Gasteiger partial charge in [0.2, 0.25) is 5.58 Å². The van der Waals surface area contributed by atoms with Gasteiger partial charge < -0.3 is 4.42 Å². The molecule has 2 nitrogen and oxygen atoms in total. The minimum atomic E-state index is 0.936. The molecule has 2 aromatic carbocycles. The summed E-state index contributed by atoms with van der Waals surface area (Å²) in [6.45, 7) is 4.00. The molecule has 0 aliphatic heterocycles.